The Hall–Kier alpha value is -2.74. The number of nitro groups is 1. The van der Waals surface area contributed by atoms with E-state index in [0.717, 1.165) is 0 Å². The summed E-state index contributed by atoms with van der Waals surface area (Å²) in [5.41, 5.74) is 0.504. The molecule has 0 aliphatic heterocycles. The molecule has 0 spiro atoms. The summed E-state index contributed by atoms with van der Waals surface area (Å²) >= 11 is 5.91. The molecule has 0 saturated carbocycles. The molecule has 3 aromatic rings. The molecular weight excluding hydrogens is 284 g/mol. The first-order chi connectivity index (χ1) is 9.63. The van der Waals surface area contributed by atoms with Crippen molar-refractivity contribution in [2.45, 2.75) is 0 Å². The molecule has 0 unspecified atom stereocenters. The summed E-state index contributed by atoms with van der Waals surface area (Å²) in [6.07, 6.45) is 2.92. The minimum Gasteiger partial charge on any atom is -0.325 e. The smallest absolute Gasteiger partial charge is 0.274 e. The molecule has 3 rings (SSSR count). The van der Waals surface area contributed by atoms with Gasteiger partial charge in [0, 0.05) is 24.4 Å². The zero-order chi connectivity index (χ0) is 14.1. The van der Waals surface area contributed by atoms with Crippen molar-refractivity contribution in [1.82, 2.24) is 19.6 Å². The first kappa shape index (κ1) is 12.3. The predicted molar refractivity (Wildman–Crippen MR) is 72.2 cm³/mol. The molecule has 8 nitrogen and oxygen atoms in total. The van der Waals surface area contributed by atoms with Crippen LogP contribution in [0.2, 0.25) is 5.15 Å². The summed E-state index contributed by atoms with van der Waals surface area (Å²) in [5, 5.41) is 18.0. The Bertz CT molecular complexity index is 802. The van der Waals surface area contributed by atoms with Gasteiger partial charge in [0.1, 0.15) is 16.8 Å². The maximum atomic E-state index is 10.7. The van der Waals surface area contributed by atoms with Crippen molar-refractivity contribution < 1.29 is 4.92 Å². The van der Waals surface area contributed by atoms with Crippen molar-refractivity contribution in [3.05, 3.63) is 51.9 Å². The van der Waals surface area contributed by atoms with E-state index in [1.165, 1.54) is 22.8 Å². The number of aromatic nitrogens is 4. The van der Waals surface area contributed by atoms with Crippen molar-refractivity contribution in [2.24, 2.45) is 0 Å². The van der Waals surface area contributed by atoms with Crippen LogP contribution in [0.3, 0.4) is 0 Å². The monoisotopic (exact) mass is 290 g/mol. The van der Waals surface area contributed by atoms with Gasteiger partial charge in [-0.3, -0.25) is 10.1 Å². The van der Waals surface area contributed by atoms with Crippen molar-refractivity contribution in [2.75, 3.05) is 5.32 Å². The summed E-state index contributed by atoms with van der Waals surface area (Å²) in [6, 6.07) is 5.89. The van der Waals surface area contributed by atoms with Crippen LogP contribution in [0, 0.1) is 10.1 Å². The maximum Gasteiger partial charge on any atom is 0.274 e. The molecule has 0 aliphatic carbocycles. The summed E-state index contributed by atoms with van der Waals surface area (Å²) in [5.74, 6) is 0.830. The van der Waals surface area contributed by atoms with Crippen LogP contribution in [-0.2, 0) is 0 Å². The zero-order valence-corrected chi connectivity index (χ0v) is 10.7. The molecule has 0 radical (unpaired) electrons. The molecule has 0 aromatic carbocycles. The highest BCUT2D eigenvalue weighted by Crippen LogP contribution is 2.21. The van der Waals surface area contributed by atoms with Gasteiger partial charge in [-0.05, 0) is 0 Å². The predicted octanol–water partition coefficient (Wildman–Crippen LogP) is 2.43. The van der Waals surface area contributed by atoms with Crippen LogP contribution in [0.5, 0.6) is 0 Å². The number of hydrogen-bond donors (Lipinski definition) is 1. The first-order valence-electron chi connectivity index (χ1n) is 5.51. The molecule has 0 bridgehead atoms. The van der Waals surface area contributed by atoms with Gasteiger partial charge in [-0.1, -0.05) is 11.6 Å². The van der Waals surface area contributed by atoms with Crippen LogP contribution in [0.25, 0.3) is 5.65 Å². The molecule has 3 aromatic heterocycles. The van der Waals surface area contributed by atoms with Crippen LogP contribution >= 0.6 is 11.6 Å². The average molecular weight is 291 g/mol. The lowest BCUT2D eigenvalue weighted by molar-refractivity contribution is -0.384. The topological polar surface area (TPSA) is 98.2 Å². The van der Waals surface area contributed by atoms with E-state index in [1.807, 2.05) is 0 Å². The fourth-order valence-corrected chi connectivity index (χ4v) is 1.89. The molecule has 0 amide bonds. The Balaban J connectivity index is 2.02. The molecule has 3 heterocycles. The second-order valence-electron chi connectivity index (χ2n) is 3.85. The molecule has 20 heavy (non-hydrogen) atoms. The molecule has 0 fully saturated rings. The van der Waals surface area contributed by atoms with Gasteiger partial charge in [0.15, 0.2) is 5.65 Å². The van der Waals surface area contributed by atoms with Gasteiger partial charge in [0.25, 0.3) is 5.69 Å². The lowest BCUT2D eigenvalue weighted by Gasteiger charge is -2.07. The summed E-state index contributed by atoms with van der Waals surface area (Å²) in [6.45, 7) is 0. The third-order valence-electron chi connectivity index (χ3n) is 2.54. The van der Waals surface area contributed by atoms with Crippen molar-refractivity contribution in [1.29, 1.82) is 0 Å². The highest BCUT2D eigenvalue weighted by atomic mass is 35.5. The molecule has 9 heteroatoms. The molecule has 0 aliphatic rings. The number of nitrogens with one attached hydrogen (secondary N) is 1. The van der Waals surface area contributed by atoms with E-state index in [9.17, 15) is 10.1 Å². The zero-order valence-electron chi connectivity index (χ0n) is 9.89. The normalized spacial score (nSPS) is 10.7. The van der Waals surface area contributed by atoms with E-state index in [0.29, 0.717) is 17.3 Å². The van der Waals surface area contributed by atoms with Gasteiger partial charge >= 0.3 is 0 Å². The van der Waals surface area contributed by atoms with Crippen LogP contribution in [-0.4, -0.2) is 24.5 Å². The Labute approximate surface area is 117 Å². The van der Waals surface area contributed by atoms with Crippen LogP contribution < -0.4 is 5.32 Å². The number of anilines is 2. The molecule has 1 N–H and O–H groups in total. The largest absolute Gasteiger partial charge is 0.325 e. The minimum absolute atomic E-state index is 0.0561. The van der Waals surface area contributed by atoms with Gasteiger partial charge in [-0.2, -0.15) is 9.61 Å². The quantitative estimate of drug-likeness (QED) is 0.452. The van der Waals surface area contributed by atoms with Gasteiger partial charge in [0.05, 0.1) is 17.2 Å². The van der Waals surface area contributed by atoms with E-state index in [2.05, 4.69) is 20.4 Å². The van der Waals surface area contributed by atoms with Gasteiger partial charge in [-0.15, -0.1) is 0 Å². The summed E-state index contributed by atoms with van der Waals surface area (Å²) in [7, 11) is 0. The number of nitrogens with zero attached hydrogens (tertiary/aromatic N) is 5. The second kappa shape index (κ2) is 4.74. The van der Waals surface area contributed by atoms with Crippen molar-refractivity contribution in [3.63, 3.8) is 0 Å². The van der Waals surface area contributed by atoms with E-state index < -0.39 is 4.92 Å². The maximum absolute atomic E-state index is 10.7. The Morgan fingerprint density at radius 3 is 2.95 bits per heavy atom. The number of pyridine rings is 1. The molecule has 0 saturated heterocycles. The Morgan fingerprint density at radius 2 is 2.15 bits per heavy atom. The fourth-order valence-electron chi connectivity index (χ4n) is 1.70. The third-order valence-corrected chi connectivity index (χ3v) is 2.73. The van der Waals surface area contributed by atoms with Gasteiger partial charge in [-0.25, -0.2) is 9.97 Å². The number of rotatable bonds is 3. The summed E-state index contributed by atoms with van der Waals surface area (Å²) in [4.78, 5) is 18.3. The van der Waals surface area contributed by atoms with E-state index >= 15 is 0 Å². The van der Waals surface area contributed by atoms with Crippen LogP contribution in [0.1, 0.15) is 0 Å². The average Bonchev–Trinajstić information content (AvgIpc) is 2.87. The van der Waals surface area contributed by atoms with E-state index in [-0.39, 0.29) is 10.8 Å². The Kier molecular flexibility index (Phi) is 2.92. The highest BCUT2D eigenvalue weighted by molar-refractivity contribution is 6.29. The number of halogens is 1. The van der Waals surface area contributed by atoms with Crippen molar-refractivity contribution >= 4 is 34.6 Å². The summed E-state index contributed by atoms with van der Waals surface area (Å²) < 4.78 is 1.52. The van der Waals surface area contributed by atoms with E-state index in [4.69, 9.17) is 11.6 Å². The van der Waals surface area contributed by atoms with Gasteiger partial charge < -0.3 is 5.32 Å². The lowest BCUT2D eigenvalue weighted by atomic mass is 10.4. The molecule has 100 valence electrons. The van der Waals surface area contributed by atoms with Crippen molar-refractivity contribution in [3.8, 4) is 0 Å². The molecule has 0 atom stereocenters. The van der Waals surface area contributed by atoms with Crippen LogP contribution in [0.4, 0.5) is 17.3 Å². The number of hydrogen-bond acceptors (Lipinski definition) is 6. The van der Waals surface area contributed by atoms with E-state index in [1.54, 1.807) is 18.3 Å². The number of fused-ring (bicyclic) bond motifs is 1. The Morgan fingerprint density at radius 1 is 1.30 bits per heavy atom. The fraction of sp³-hybridized carbons (Fsp3) is 0. The van der Waals surface area contributed by atoms with Crippen LogP contribution in [0.15, 0.2) is 36.7 Å². The second-order valence-corrected chi connectivity index (χ2v) is 4.23. The minimum atomic E-state index is -0.490. The lowest BCUT2D eigenvalue weighted by Crippen LogP contribution is -2.02. The third kappa shape index (κ3) is 2.24. The standard InChI is InChI=1S/C11H7ClN6O2/c12-8-6-11(17-10(15-8)2-4-14-17)16-9-5-7(18(19)20)1-3-13-9/h1-6H,(H,13,16). The molecular formula is C11H7ClN6O2. The SMILES string of the molecule is O=[N+]([O-])c1ccnc(Nc2cc(Cl)nc3ccnn23)c1. The first-order valence-corrected chi connectivity index (χ1v) is 5.89. The van der Waals surface area contributed by atoms with Gasteiger partial charge in [0.2, 0.25) is 0 Å². The highest BCUT2D eigenvalue weighted by Gasteiger charge is 2.10.